The van der Waals surface area contributed by atoms with Gasteiger partial charge in [0.15, 0.2) is 0 Å². The molecule has 0 fully saturated rings. The van der Waals surface area contributed by atoms with Crippen LogP contribution in [0.15, 0.2) is 36.5 Å². The van der Waals surface area contributed by atoms with E-state index in [1.54, 1.807) is 12.1 Å². The first-order valence-electron chi connectivity index (χ1n) is 5.13. The van der Waals surface area contributed by atoms with Crippen molar-refractivity contribution in [3.8, 4) is 0 Å². The van der Waals surface area contributed by atoms with Gasteiger partial charge in [0.1, 0.15) is 16.8 Å². The predicted octanol–water partition coefficient (Wildman–Crippen LogP) is 2.57. The van der Waals surface area contributed by atoms with Gasteiger partial charge in [0.25, 0.3) is 0 Å². The van der Waals surface area contributed by atoms with Crippen LogP contribution in [0.5, 0.6) is 0 Å². The van der Waals surface area contributed by atoms with Gasteiger partial charge in [0.2, 0.25) is 0 Å². The van der Waals surface area contributed by atoms with Crippen molar-refractivity contribution in [1.82, 2.24) is 10.4 Å². The van der Waals surface area contributed by atoms with Crippen molar-refractivity contribution >= 4 is 11.6 Å². The molecule has 2 aromatic rings. The molecule has 3 nitrogen and oxygen atoms in total. The third kappa shape index (κ3) is 2.81. The van der Waals surface area contributed by atoms with E-state index in [1.165, 1.54) is 18.3 Å². The molecule has 2 rings (SSSR count). The predicted molar refractivity (Wildman–Crippen MR) is 64.8 cm³/mol. The molecule has 3 N–H and O–H groups in total. The van der Waals surface area contributed by atoms with Crippen molar-refractivity contribution < 1.29 is 8.78 Å². The smallest absolute Gasteiger partial charge is 0.129 e. The Morgan fingerprint density at radius 3 is 2.28 bits per heavy atom. The topological polar surface area (TPSA) is 50.9 Å². The fourth-order valence-corrected chi connectivity index (χ4v) is 1.80. The molecule has 1 atom stereocenters. The quantitative estimate of drug-likeness (QED) is 0.511. The van der Waals surface area contributed by atoms with E-state index >= 15 is 0 Å². The van der Waals surface area contributed by atoms with Crippen LogP contribution in [0, 0.1) is 11.6 Å². The zero-order valence-electron chi connectivity index (χ0n) is 9.20. The lowest BCUT2D eigenvalue weighted by atomic mass is 10.0. The van der Waals surface area contributed by atoms with Gasteiger partial charge in [0, 0.05) is 12.3 Å². The Bertz CT molecular complexity index is 525. The lowest BCUT2D eigenvalue weighted by Crippen LogP contribution is -2.29. The molecule has 0 radical (unpaired) electrons. The largest absolute Gasteiger partial charge is 0.271 e. The standard InChI is InChI=1S/C12H10ClF2N3/c13-11-2-1-7(6-17-11)12(18-16)8-3-9(14)5-10(15)4-8/h1-6,12,18H,16H2. The van der Waals surface area contributed by atoms with Crippen LogP contribution in [0.25, 0.3) is 0 Å². The van der Waals surface area contributed by atoms with E-state index in [-0.39, 0.29) is 0 Å². The van der Waals surface area contributed by atoms with Crippen LogP contribution in [0.1, 0.15) is 17.2 Å². The lowest BCUT2D eigenvalue weighted by Gasteiger charge is -2.16. The summed E-state index contributed by atoms with van der Waals surface area (Å²) >= 11 is 5.67. The maximum atomic E-state index is 13.2. The molecule has 0 aliphatic rings. The van der Waals surface area contributed by atoms with Gasteiger partial charge in [-0.2, -0.15) is 0 Å². The number of nitrogens with zero attached hydrogens (tertiary/aromatic N) is 1. The summed E-state index contributed by atoms with van der Waals surface area (Å²) in [7, 11) is 0. The van der Waals surface area contributed by atoms with Gasteiger partial charge in [-0.3, -0.25) is 5.84 Å². The Labute approximate surface area is 108 Å². The van der Waals surface area contributed by atoms with Gasteiger partial charge in [-0.25, -0.2) is 19.2 Å². The van der Waals surface area contributed by atoms with E-state index in [1.807, 2.05) is 0 Å². The molecule has 6 heteroatoms. The Morgan fingerprint density at radius 1 is 1.11 bits per heavy atom. The van der Waals surface area contributed by atoms with Gasteiger partial charge in [-0.1, -0.05) is 17.7 Å². The van der Waals surface area contributed by atoms with Crippen LogP contribution in [0.4, 0.5) is 8.78 Å². The molecule has 0 aliphatic heterocycles. The number of pyridine rings is 1. The molecule has 0 saturated carbocycles. The van der Waals surface area contributed by atoms with Gasteiger partial charge >= 0.3 is 0 Å². The number of nitrogens with two attached hydrogens (primary N) is 1. The minimum absolute atomic E-state index is 0.333. The maximum Gasteiger partial charge on any atom is 0.129 e. The summed E-state index contributed by atoms with van der Waals surface area (Å²) in [6.07, 6.45) is 1.50. The van der Waals surface area contributed by atoms with Crippen LogP contribution >= 0.6 is 11.6 Å². The third-order valence-electron chi connectivity index (χ3n) is 2.47. The third-order valence-corrected chi connectivity index (χ3v) is 2.69. The van der Waals surface area contributed by atoms with E-state index in [4.69, 9.17) is 17.4 Å². The first-order chi connectivity index (χ1) is 8.60. The molecule has 1 aromatic heterocycles. The summed E-state index contributed by atoms with van der Waals surface area (Å²) in [4.78, 5) is 3.90. The van der Waals surface area contributed by atoms with Crippen LogP contribution in [-0.2, 0) is 0 Å². The zero-order valence-corrected chi connectivity index (χ0v) is 9.96. The van der Waals surface area contributed by atoms with Crippen molar-refractivity contribution in [2.45, 2.75) is 6.04 Å². The molecule has 94 valence electrons. The van der Waals surface area contributed by atoms with Crippen LogP contribution in [0.3, 0.4) is 0 Å². The second-order valence-electron chi connectivity index (χ2n) is 3.72. The molecule has 0 amide bonds. The lowest BCUT2D eigenvalue weighted by molar-refractivity contribution is 0.565. The molecule has 0 bridgehead atoms. The number of hydrogen-bond acceptors (Lipinski definition) is 3. The highest BCUT2D eigenvalue weighted by Crippen LogP contribution is 2.23. The molecule has 1 heterocycles. The number of aromatic nitrogens is 1. The Balaban J connectivity index is 2.41. The van der Waals surface area contributed by atoms with Crippen LogP contribution in [0.2, 0.25) is 5.15 Å². The maximum absolute atomic E-state index is 13.2. The molecular formula is C12H10ClF2N3. The number of halogens is 3. The highest BCUT2D eigenvalue weighted by molar-refractivity contribution is 6.29. The van der Waals surface area contributed by atoms with Crippen LogP contribution < -0.4 is 11.3 Å². The average Bonchev–Trinajstić information content (AvgIpc) is 2.31. The molecule has 0 spiro atoms. The van der Waals surface area contributed by atoms with Crippen molar-refractivity contribution in [3.05, 3.63) is 64.4 Å². The van der Waals surface area contributed by atoms with Gasteiger partial charge in [-0.05, 0) is 29.3 Å². The number of hydrazine groups is 1. The summed E-state index contributed by atoms with van der Waals surface area (Å²) in [5.74, 6) is 4.10. The highest BCUT2D eigenvalue weighted by atomic mass is 35.5. The highest BCUT2D eigenvalue weighted by Gasteiger charge is 2.14. The van der Waals surface area contributed by atoms with Crippen molar-refractivity contribution in [2.24, 2.45) is 5.84 Å². The zero-order chi connectivity index (χ0) is 13.1. The number of hydrogen-bond donors (Lipinski definition) is 2. The fourth-order valence-electron chi connectivity index (χ4n) is 1.68. The van der Waals surface area contributed by atoms with Gasteiger partial charge in [0.05, 0.1) is 6.04 Å². The van der Waals surface area contributed by atoms with E-state index in [9.17, 15) is 8.78 Å². The van der Waals surface area contributed by atoms with E-state index in [0.29, 0.717) is 16.3 Å². The second-order valence-corrected chi connectivity index (χ2v) is 4.10. The molecule has 0 aliphatic carbocycles. The van der Waals surface area contributed by atoms with Gasteiger partial charge < -0.3 is 0 Å². The first kappa shape index (κ1) is 12.9. The summed E-state index contributed by atoms with van der Waals surface area (Å²) in [5, 5.41) is 0.333. The second kappa shape index (κ2) is 5.39. The van der Waals surface area contributed by atoms with Crippen LogP contribution in [-0.4, -0.2) is 4.98 Å². The summed E-state index contributed by atoms with van der Waals surface area (Å²) in [6, 6.07) is 5.93. The molecule has 0 saturated heterocycles. The van der Waals surface area contributed by atoms with E-state index < -0.39 is 17.7 Å². The number of rotatable bonds is 3. The Kier molecular flexibility index (Phi) is 3.86. The summed E-state index contributed by atoms with van der Waals surface area (Å²) < 4.78 is 26.3. The van der Waals surface area contributed by atoms with E-state index in [0.717, 1.165) is 6.07 Å². The normalized spacial score (nSPS) is 12.4. The van der Waals surface area contributed by atoms with Crippen molar-refractivity contribution in [1.29, 1.82) is 0 Å². The monoisotopic (exact) mass is 269 g/mol. The molecule has 1 unspecified atom stereocenters. The summed E-state index contributed by atoms with van der Waals surface area (Å²) in [6.45, 7) is 0. The molecular weight excluding hydrogens is 260 g/mol. The minimum atomic E-state index is -0.660. The summed E-state index contributed by atoms with van der Waals surface area (Å²) in [5.41, 5.74) is 3.53. The minimum Gasteiger partial charge on any atom is -0.271 e. The number of benzene rings is 1. The fraction of sp³-hybridized carbons (Fsp3) is 0.0833. The van der Waals surface area contributed by atoms with Crippen molar-refractivity contribution in [2.75, 3.05) is 0 Å². The molecule has 1 aromatic carbocycles. The SMILES string of the molecule is NNC(c1ccc(Cl)nc1)c1cc(F)cc(F)c1. The number of nitrogens with one attached hydrogen (secondary N) is 1. The first-order valence-corrected chi connectivity index (χ1v) is 5.51. The average molecular weight is 270 g/mol. The van der Waals surface area contributed by atoms with Crippen molar-refractivity contribution in [3.63, 3.8) is 0 Å². The van der Waals surface area contributed by atoms with Gasteiger partial charge in [-0.15, -0.1) is 0 Å². The van der Waals surface area contributed by atoms with E-state index in [2.05, 4.69) is 10.4 Å². The molecule has 18 heavy (non-hydrogen) atoms. The Hall–Kier alpha value is -1.56. The Morgan fingerprint density at radius 2 is 1.78 bits per heavy atom.